The van der Waals surface area contributed by atoms with E-state index in [0.29, 0.717) is 29.5 Å². The van der Waals surface area contributed by atoms with Crippen LogP contribution < -0.4 is 0 Å². The van der Waals surface area contributed by atoms with Crippen LogP contribution in [0.15, 0.2) is 11.2 Å². The molecule has 1 aromatic rings. The van der Waals surface area contributed by atoms with Crippen LogP contribution in [-0.4, -0.2) is 41.1 Å². The molecule has 0 bridgehead atoms. The summed E-state index contributed by atoms with van der Waals surface area (Å²) < 4.78 is 25.9. The molecule has 1 aliphatic carbocycles. The third-order valence-electron chi connectivity index (χ3n) is 3.32. The molecule has 1 saturated carbocycles. The fraction of sp³-hybridized carbons (Fsp3) is 0.727. The fourth-order valence-electron chi connectivity index (χ4n) is 2.09. The molecule has 7 heteroatoms. The van der Waals surface area contributed by atoms with Crippen LogP contribution in [0.25, 0.3) is 0 Å². The van der Waals surface area contributed by atoms with E-state index in [9.17, 15) is 8.42 Å². The smallest absolute Gasteiger partial charge is 0.259 e. The van der Waals surface area contributed by atoms with Crippen molar-refractivity contribution in [3.63, 3.8) is 0 Å². The number of sulfonamides is 1. The number of hydrogen-bond acceptors (Lipinski definition) is 3. The van der Waals surface area contributed by atoms with Gasteiger partial charge < -0.3 is 4.98 Å². The van der Waals surface area contributed by atoms with Crippen LogP contribution in [0.3, 0.4) is 0 Å². The molecule has 102 valence electrons. The Morgan fingerprint density at radius 1 is 1.56 bits per heavy atom. The number of nitrogens with one attached hydrogen (secondary N) is 1. The highest BCUT2D eigenvalue weighted by Crippen LogP contribution is 2.34. The maximum atomic E-state index is 12.3. The quantitative estimate of drug-likeness (QED) is 0.834. The largest absolute Gasteiger partial charge is 0.332 e. The summed E-state index contributed by atoms with van der Waals surface area (Å²) in [6.45, 7) is 2.51. The molecule has 18 heavy (non-hydrogen) atoms. The molecule has 5 nitrogen and oxygen atoms in total. The van der Waals surface area contributed by atoms with E-state index < -0.39 is 10.0 Å². The first-order valence-electron chi connectivity index (χ1n) is 6.07. The van der Waals surface area contributed by atoms with Crippen molar-refractivity contribution in [2.75, 3.05) is 13.6 Å². The molecular formula is C11H18BrN3O2S. The topological polar surface area (TPSA) is 66.1 Å². The van der Waals surface area contributed by atoms with Gasteiger partial charge in [-0.2, -0.15) is 4.31 Å². The number of imidazole rings is 1. The van der Waals surface area contributed by atoms with Crippen molar-refractivity contribution >= 4 is 26.0 Å². The Hall–Kier alpha value is -0.400. The molecule has 0 spiro atoms. The summed E-state index contributed by atoms with van der Waals surface area (Å²) in [7, 11) is -1.79. The Morgan fingerprint density at radius 3 is 2.72 bits per heavy atom. The van der Waals surface area contributed by atoms with Crippen molar-refractivity contribution in [2.45, 2.75) is 36.0 Å². The van der Waals surface area contributed by atoms with Crippen molar-refractivity contribution in [1.82, 2.24) is 14.3 Å². The standard InChI is InChI=1S/C11H18BrN3O2S/c1-3-10-13-6-11(14-10)18(16,17)15(2)7-8-4-9(12)5-8/h6,8-9H,3-5,7H2,1-2H3,(H,13,14). The van der Waals surface area contributed by atoms with Crippen molar-refractivity contribution in [3.05, 3.63) is 12.0 Å². The second kappa shape index (κ2) is 5.30. The SMILES string of the molecule is CCc1ncc(S(=O)(=O)N(C)CC2CC(Br)C2)[nH]1. The maximum Gasteiger partial charge on any atom is 0.259 e. The second-order valence-corrected chi connectivity index (χ2v) is 8.08. The molecule has 1 N–H and O–H groups in total. The number of aromatic amines is 1. The lowest BCUT2D eigenvalue weighted by molar-refractivity contribution is 0.275. The lowest BCUT2D eigenvalue weighted by Gasteiger charge is -2.33. The first-order chi connectivity index (χ1) is 8.43. The van der Waals surface area contributed by atoms with Gasteiger partial charge in [0.1, 0.15) is 5.82 Å². The van der Waals surface area contributed by atoms with Crippen LogP contribution >= 0.6 is 15.9 Å². The van der Waals surface area contributed by atoms with Gasteiger partial charge in [0.2, 0.25) is 0 Å². The fourth-order valence-corrected chi connectivity index (χ4v) is 4.32. The summed E-state index contributed by atoms with van der Waals surface area (Å²) in [5.41, 5.74) is 0. The minimum Gasteiger partial charge on any atom is -0.332 e. The van der Waals surface area contributed by atoms with E-state index in [0.717, 1.165) is 12.8 Å². The molecule has 1 heterocycles. The molecule has 0 radical (unpaired) electrons. The molecule has 1 aromatic heterocycles. The molecule has 2 rings (SSSR count). The van der Waals surface area contributed by atoms with Gasteiger partial charge in [-0.3, -0.25) is 0 Å². The Labute approximate surface area is 116 Å². The van der Waals surface area contributed by atoms with Crippen molar-refractivity contribution in [1.29, 1.82) is 0 Å². The Kier molecular flexibility index (Phi) is 4.13. The van der Waals surface area contributed by atoms with Gasteiger partial charge in [-0.05, 0) is 18.8 Å². The van der Waals surface area contributed by atoms with Gasteiger partial charge in [0.05, 0.1) is 6.20 Å². The van der Waals surface area contributed by atoms with E-state index in [2.05, 4.69) is 25.9 Å². The average Bonchev–Trinajstić information content (AvgIpc) is 2.75. The van der Waals surface area contributed by atoms with E-state index in [1.54, 1.807) is 7.05 Å². The molecule has 1 aliphatic rings. The van der Waals surface area contributed by atoms with E-state index >= 15 is 0 Å². The van der Waals surface area contributed by atoms with E-state index in [-0.39, 0.29) is 5.03 Å². The predicted molar refractivity (Wildman–Crippen MR) is 73.2 cm³/mol. The van der Waals surface area contributed by atoms with Gasteiger partial charge in [-0.15, -0.1) is 0 Å². The lowest BCUT2D eigenvalue weighted by atomic mass is 9.85. The number of nitrogens with zero attached hydrogens (tertiary/aromatic N) is 2. The normalized spacial score (nSPS) is 24.2. The molecule has 0 unspecified atom stereocenters. The predicted octanol–water partition coefficient (Wildman–Crippen LogP) is 1.77. The average molecular weight is 336 g/mol. The van der Waals surface area contributed by atoms with Gasteiger partial charge in [0.15, 0.2) is 5.03 Å². The van der Waals surface area contributed by atoms with Crippen LogP contribution in [-0.2, 0) is 16.4 Å². The van der Waals surface area contributed by atoms with Crippen molar-refractivity contribution in [3.8, 4) is 0 Å². The van der Waals surface area contributed by atoms with Crippen LogP contribution in [0.5, 0.6) is 0 Å². The van der Waals surface area contributed by atoms with E-state index in [1.165, 1.54) is 10.5 Å². The molecule has 1 fully saturated rings. The number of alkyl halides is 1. The summed E-state index contributed by atoms with van der Waals surface area (Å²) in [5.74, 6) is 1.16. The zero-order chi connectivity index (χ0) is 13.3. The third-order valence-corrected chi connectivity index (χ3v) is 5.80. The minimum absolute atomic E-state index is 0.191. The molecule has 0 saturated heterocycles. The van der Waals surface area contributed by atoms with Crippen LogP contribution in [0.1, 0.15) is 25.6 Å². The van der Waals surface area contributed by atoms with Gasteiger partial charge in [-0.1, -0.05) is 22.9 Å². The number of aromatic nitrogens is 2. The molecule has 0 atom stereocenters. The van der Waals surface area contributed by atoms with Gasteiger partial charge >= 0.3 is 0 Å². The Bertz CT molecular complexity index is 508. The highest BCUT2D eigenvalue weighted by atomic mass is 79.9. The monoisotopic (exact) mass is 335 g/mol. The first-order valence-corrected chi connectivity index (χ1v) is 8.43. The number of aryl methyl sites for hydroxylation is 1. The van der Waals surface area contributed by atoms with Crippen LogP contribution in [0, 0.1) is 5.92 Å². The van der Waals surface area contributed by atoms with Gasteiger partial charge in [0, 0.05) is 24.8 Å². The van der Waals surface area contributed by atoms with Crippen LogP contribution in [0.2, 0.25) is 0 Å². The van der Waals surface area contributed by atoms with Crippen molar-refractivity contribution in [2.24, 2.45) is 5.92 Å². The zero-order valence-electron chi connectivity index (χ0n) is 10.6. The van der Waals surface area contributed by atoms with Gasteiger partial charge in [0.25, 0.3) is 10.0 Å². The minimum atomic E-state index is -3.42. The third kappa shape index (κ3) is 2.78. The Balaban J connectivity index is 2.05. The Morgan fingerprint density at radius 2 is 2.22 bits per heavy atom. The van der Waals surface area contributed by atoms with Gasteiger partial charge in [-0.25, -0.2) is 13.4 Å². The van der Waals surface area contributed by atoms with Crippen molar-refractivity contribution < 1.29 is 8.42 Å². The summed E-state index contributed by atoms with van der Waals surface area (Å²) in [4.78, 5) is 7.45. The van der Waals surface area contributed by atoms with E-state index in [1.807, 2.05) is 6.92 Å². The number of H-pyrrole nitrogens is 1. The highest BCUT2D eigenvalue weighted by Gasteiger charge is 2.32. The maximum absolute atomic E-state index is 12.3. The molecule has 0 amide bonds. The number of hydrogen-bond donors (Lipinski definition) is 1. The first kappa shape index (κ1) is 14.0. The summed E-state index contributed by atoms with van der Waals surface area (Å²) >= 11 is 3.51. The highest BCUT2D eigenvalue weighted by molar-refractivity contribution is 9.09. The molecular weight excluding hydrogens is 318 g/mol. The van der Waals surface area contributed by atoms with E-state index in [4.69, 9.17) is 0 Å². The lowest BCUT2D eigenvalue weighted by Crippen LogP contribution is -2.37. The zero-order valence-corrected chi connectivity index (χ0v) is 13.0. The van der Waals surface area contributed by atoms with Crippen LogP contribution in [0.4, 0.5) is 0 Å². The summed E-state index contributed by atoms with van der Waals surface area (Å²) in [6.07, 6.45) is 4.19. The molecule has 0 aromatic carbocycles. The molecule has 0 aliphatic heterocycles. The summed E-state index contributed by atoms with van der Waals surface area (Å²) in [5, 5.41) is 0.191. The number of rotatable bonds is 5. The summed E-state index contributed by atoms with van der Waals surface area (Å²) in [6, 6.07) is 0. The number of halogens is 1. The second-order valence-electron chi connectivity index (χ2n) is 4.77.